The molecule has 0 spiro atoms. The van der Waals surface area contributed by atoms with E-state index in [1.807, 2.05) is 6.92 Å². The number of rotatable bonds is 6. The Bertz CT molecular complexity index is 816. The molecule has 2 aromatic heterocycles. The van der Waals surface area contributed by atoms with E-state index < -0.39 is 16.6 Å². The van der Waals surface area contributed by atoms with Crippen LogP contribution in [0.15, 0.2) is 15.6 Å². The van der Waals surface area contributed by atoms with Crippen molar-refractivity contribution < 1.29 is 17.2 Å². The van der Waals surface area contributed by atoms with Crippen molar-refractivity contribution in [2.45, 2.75) is 45.3 Å². The van der Waals surface area contributed by atoms with Gasteiger partial charge >= 0.3 is 6.55 Å². The molecule has 0 radical (unpaired) electrons. The highest BCUT2D eigenvalue weighted by Gasteiger charge is 2.27. The summed E-state index contributed by atoms with van der Waals surface area (Å²) in [7, 11) is -3.98. The summed E-state index contributed by atoms with van der Waals surface area (Å²) in [5.41, 5.74) is 0.569. The van der Waals surface area contributed by atoms with Crippen LogP contribution in [0, 0.1) is 13.8 Å². The van der Waals surface area contributed by atoms with Crippen LogP contribution < -0.4 is 4.72 Å². The fraction of sp³-hybridized carbons (Fsp3) is 0.500. The molecule has 0 bridgehead atoms. The van der Waals surface area contributed by atoms with E-state index >= 15 is 0 Å². The summed E-state index contributed by atoms with van der Waals surface area (Å²) < 4.78 is 55.7. The van der Waals surface area contributed by atoms with Crippen molar-refractivity contribution in [2.75, 3.05) is 0 Å². The van der Waals surface area contributed by atoms with Crippen molar-refractivity contribution in [3.8, 4) is 0 Å². The molecule has 128 valence electrons. The first kappa shape index (κ1) is 18.0. The molecule has 0 aliphatic carbocycles. The fourth-order valence-corrected chi connectivity index (χ4v) is 4.12. The Kier molecular flexibility index (Phi) is 5.21. The summed E-state index contributed by atoms with van der Waals surface area (Å²) >= 11 is 3.30. The molecule has 0 saturated carbocycles. The average Bonchev–Trinajstić information content (AvgIpc) is 2.96. The third-order valence-corrected chi connectivity index (χ3v) is 5.65. The normalized spacial score (nSPS) is 12.3. The van der Waals surface area contributed by atoms with Crippen LogP contribution in [-0.4, -0.2) is 28.0 Å². The molecule has 0 aliphatic heterocycles. The van der Waals surface area contributed by atoms with Crippen molar-refractivity contribution in [1.82, 2.24) is 24.3 Å². The first-order chi connectivity index (χ1) is 10.7. The molecule has 1 N–H and O–H groups in total. The Morgan fingerprint density at radius 2 is 2.04 bits per heavy atom. The Labute approximate surface area is 140 Å². The summed E-state index contributed by atoms with van der Waals surface area (Å²) in [4.78, 5) is -0.225. The summed E-state index contributed by atoms with van der Waals surface area (Å²) in [5.74, 6) is 0. The van der Waals surface area contributed by atoms with Crippen LogP contribution in [0.25, 0.3) is 0 Å². The average molecular weight is 412 g/mol. The zero-order valence-electron chi connectivity index (χ0n) is 12.7. The number of alkyl halides is 2. The molecule has 2 rings (SSSR count). The van der Waals surface area contributed by atoms with E-state index in [9.17, 15) is 17.2 Å². The van der Waals surface area contributed by atoms with Crippen LogP contribution in [0.2, 0.25) is 0 Å². The summed E-state index contributed by atoms with van der Waals surface area (Å²) in [6, 6.07) is 0. The maximum absolute atomic E-state index is 12.8. The number of sulfonamides is 1. The van der Waals surface area contributed by atoms with Crippen LogP contribution in [0.5, 0.6) is 0 Å². The van der Waals surface area contributed by atoms with E-state index in [0.717, 1.165) is 0 Å². The molecule has 0 aliphatic rings. The molecule has 7 nitrogen and oxygen atoms in total. The van der Waals surface area contributed by atoms with E-state index in [0.29, 0.717) is 21.4 Å². The molecule has 0 aromatic carbocycles. The number of halogens is 3. The lowest BCUT2D eigenvalue weighted by Gasteiger charge is -2.09. The first-order valence-corrected chi connectivity index (χ1v) is 9.00. The number of aromatic nitrogens is 4. The molecule has 23 heavy (non-hydrogen) atoms. The SMILES string of the molecule is CCn1ncc(Br)c1CNS(=O)(=O)c1c(C)nn(C(F)F)c1C. The number of nitrogens with one attached hydrogen (secondary N) is 1. The standard InChI is InChI=1S/C12H16BrF2N5O2S/c1-4-19-10(9(13)5-16-19)6-17-23(21,22)11-7(2)18-20(8(11)3)12(14)15/h5,12,17H,4,6H2,1-3H3. The first-order valence-electron chi connectivity index (χ1n) is 6.72. The molecule has 0 unspecified atom stereocenters. The third-order valence-electron chi connectivity index (χ3n) is 3.34. The van der Waals surface area contributed by atoms with E-state index in [4.69, 9.17) is 0 Å². The molecule has 0 fully saturated rings. The highest BCUT2D eigenvalue weighted by molar-refractivity contribution is 9.10. The van der Waals surface area contributed by atoms with Gasteiger partial charge in [-0.15, -0.1) is 0 Å². The molecular formula is C12H16BrF2N5O2S. The van der Waals surface area contributed by atoms with E-state index in [1.165, 1.54) is 13.8 Å². The Balaban J connectivity index is 2.31. The minimum atomic E-state index is -3.98. The van der Waals surface area contributed by atoms with Gasteiger partial charge in [-0.2, -0.15) is 19.0 Å². The third kappa shape index (κ3) is 3.45. The quantitative estimate of drug-likeness (QED) is 0.790. The Morgan fingerprint density at radius 1 is 1.39 bits per heavy atom. The van der Waals surface area contributed by atoms with Gasteiger partial charge in [0.2, 0.25) is 10.0 Å². The lowest BCUT2D eigenvalue weighted by Crippen LogP contribution is -2.26. The second-order valence-electron chi connectivity index (χ2n) is 4.80. The van der Waals surface area contributed by atoms with Crippen LogP contribution >= 0.6 is 15.9 Å². The van der Waals surface area contributed by atoms with Gasteiger partial charge in [-0.3, -0.25) is 4.68 Å². The van der Waals surface area contributed by atoms with Crippen molar-refractivity contribution in [2.24, 2.45) is 0 Å². The molecule has 0 atom stereocenters. The smallest absolute Gasteiger partial charge is 0.267 e. The largest absolute Gasteiger partial charge is 0.333 e. The van der Waals surface area contributed by atoms with Crippen molar-refractivity contribution in [3.05, 3.63) is 27.8 Å². The van der Waals surface area contributed by atoms with E-state index in [1.54, 1.807) is 10.9 Å². The predicted octanol–water partition coefficient (Wildman–Crippen LogP) is 2.35. The molecule has 11 heteroatoms. The topological polar surface area (TPSA) is 81.8 Å². The monoisotopic (exact) mass is 411 g/mol. The van der Waals surface area contributed by atoms with Gasteiger partial charge in [-0.25, -0.2) is 17.8 Å². The lowest BCUT2D eigenvalue weighted by molar-refractivity contribution is 0.0538. The highest BCUT2D eigenvalue weighted by atomic mass is 79.9. The number of hydrogen-bond donors (Lipinski definition) is 1. The maximum Gasteiger partial charge on any atom is 0.333 e. The van der Waals surface area contributed by atoms with Gasteiger partial charge in [0.1, 0.15) is 4.90 Å². The van der Waals surface area contributed by atoms with Crippen LogP contribution in [0.1, 0.15) is 30.6 Å². The highest BCUT2D eigenvalue weighted by Crippen LogP contribution is 2.24. The van der Waals surface area contributed by atoms with Crippen molar-refractivity contribution in [3.63, 3.8) is 0 Å². The fourth-order valence-electron chi connectivity index (χ4n) is 2.30. The van der Waals surface area contributed by atoms with Crippen molar-refractivity contribution >= 4 is 26.0 Å². The minimum Gasteiger partial charge on any atom is -0.267 e. The second-order valence-corrected chi connectivity index (χ2v) is 7.36. The maximum atomic E-state index is 12.8. The molecule has 0 saturated heterocycles. The van der Waals surface area contributed by atoms with Gasteiger partial charge < -0.3 is 0 Å². The zero-order chi connectivity index (χ0) is 17.4. The van der Waals surface area contributed by atoms with Gasteiger partial charge in [0.05, 0.1) is 34.3 Å². The van der Waals surface area contributed by atoms with E-state index in [2.05, 4.69) is 30.8 Å². The van der Waals surface area contributed by atoms with Gasteiger partial charge in [0.25, 0.3) is 0 Å². The summed E-state index contributed by atoms with van der Waals surface area (Å²) in [6.45, 7) is 2.21. The molecule has 2 aromatic rings. The number of nitrogens with zero attached hydrogens (tertiary/aromatic N) is 4. The number of hydrogen-bond acceptors (Lipinski definition) is 4. The summed E-state index contributed by atoms with van der Waals surface area (Å²) in [6.07, 6.45) is 1.57. The Morgan fingerprint density at radius 3 is 2.57 bits per heavy atom. The van der Waals surface area contributed by atoms with Gasteiger partial charge in [-0.1, -0.05) is 0 Å². The van der Waals surface area contributed by atoms with Crippen molar-refractivity contribution in [1.29, 1.82) is 0 Å². The lowest BCUT2D eigenvalue weighted by atomic mass is 10.4. The van der Waals surface area contributed by atoms with Crippen LogP contribution in [0.4, 0.5) is 8.78 Å². The summed E-state index contributed by atoms with van der Waals surface area (Å²) in [5, 5.41) is 7.68. The predicted molar refractivity (Wildman–Crippen MR) is 82.6 cm³/mol. The number of aryl methyl sites for hydroxylation is 2. The van der Waals surface area contributed by atoms with Crippen LogP contribution in [0.3, 0.4) is 0 Å². The Hall–Kier alpha value is -1.33. The van der Waals surface area contributed by atoms with Gasteiger partial charge in [-0.05, 0) is 36.7 Å². The van der Waals surface area contributed by atoms with Crippen LogP contribution in [-0.2, 0) is 23.1 Å². The molecule has 0 amide bonds. The zero-order valence-corrected chi connectivity index (χ0v) is 15.1. The van der Waals surface area contributed by atoms with E-state index in [-0.39, 0.29) is 22.8 Å². The van der Waals surface area contributed by atoms with Gasteiger partial charge in [0.15, 0.2) is 0 Å². The minimum absolute atomic E-state index is 0.0184. The van der Waals surface area contributed by atoms with Gasteiger partial charge in [0, 0.05) is 6.54 Å². The molecular weight excluding hydrogens is 396 g/mol. The molecule has 2 heterocycles. The second kappa shape index (κ2) is 6.65.